The van der Waals surface area contributed by atoms with E-state index < -0.39 is 0 Å². The summed E-state index contributed by atoms with van der Waals surface area (Å²) in [7, 11) is 3.27. The standard InChI is InChI=1S/C14H13ClO2/c1-16-12-8-4-3-6-10(12)14-11(15)7-5-9-13(14)17-2/h3-9H,1-2H3. The Labute approximate surface area is 106 Å². The molecular formula is C14H13ClO2. The van der Waals surface area contributed by atoms with Gasteiger partial charge in [-0.15, -0.1) is 0 Å². The third kappa shape index (κ3) is 2.22. The van der Waals surface area contributed by atoms with Gasteiger partial charge in [0.1, 0.15) is 11.5 Å². The van der Waals surface area contributed by atoms with Gasteiger partial charge in [0.25, 0.3) is 0 Å². The smallest absolute Gasteiger partial charge is 0.128 e. The van der Waals surface area contributed by atoms with Crippen molar-refractivity contribution in [1.82, 2.24) is 0 Å². The largest absolute Gasteiger partial charge is 0.496 e. The molecule has 3 heteroatoms. The Bertz CT molecular complexity index is 523. The van der Waals surface area contributed by atoms with Gasteiger partial charge in [0, 0.05) is 11.1 Å². The van der Waals surface area contributed by atoms with Crippen LogP contribution in [0.5, 0.6) is 11.5 Å². The average molecular weight is 249 g/mol. The Morgan fingerprint density at radius 3 is 2.18 bits per heavy atom. The van der Waals surface area contributed by atoms with Crippen molar-refractivity contribution in [2.75, 3.05) is 14.2 Å². The second kappa shape index (κ2) is 5.11. The van der Waals surface area contributed by atoms with Crippen molar-refractivity contribution >= 4 is 11.6 Å². The first kappa shape index (κ1) is 11.8. The van der Waals surface area contributed by atoms with Crippen LogP contribution < -0.4 is 9.47 Å². The molecule has 0 fully saturated rings. The predicted molar refractivity (Wildman–Crippen MR) is 70.0 cm³/mol. The highest BCUT2D eigenvalue weighted by Gasteiger charge is 2.13. The molecule has 0 aliphatic rings. The van der Waals surface area contributed by atoms with E-state index in [0.717, 1.165) is 22.6 Å². The fraction of sp³-hybridized carbons (Fsp3) is 0.143. The minimum atomic E-state index is 0.647. The van der Waals surface area contributed by atoms with E-state index in [0.29, 0.717) is 5.02 Å². The normalized spacial score (nSPS) is 10.1. The second-order valence-corrected chi connectivity index (χ2v) is 3.92. The van der Waals surface area contributed by atoms with E-state index in [1.807, 2.05) is 42.5 Å². The lowest BCUT2D eigenvalue weighted by atomic mass is 10.0. The molecule has 0 radical (unpaired) electrons. The number of methoxy groups -OCH3 is 2. The summed E-state index contributed by atoms with van der Waals surface area (Å²) in [4.78, 5) is 0. The average Bonchev–Trinajstić information content (AvgIpc) is 2.38. The van der Waals surface area contributed by atoms with Crippen LogP contribution in [0.2, 0.25) is 5.02 Å². The van der Waals surface area contributed by atoms with E-state index in [9.17, 15) is 0 Å². The van der Waals surface area contributed by atoms with Crippen molar-refractivity contribution in [2.24, 2.45) is 0 Å². The summed E-state index contributed by atoms with van der Waals surface area (Å²) >= 11 is 6.24. The van der Waals surface area contributed by atoms with E-state index in [1.54, 1.807) is 14.2 Å². The molecule has 0 amide bonds. The summed E-state index contributed by atoms with van der Waals surface area (Å²) in [6, 6.07) is 13.3. The van der Waals surface area contributed by atoms with Gasteiger partial charge in [-0.1, -0.05) is 35.9 Å². The second-order valence-electron chi connectivity index (χ2n) is 3.52. The summed E-state index contributed by atoms with van der Waals surface area (Å²) in [5.41, 5.74) is 1.78. The van der Waals surface area contributed by atoms with Gasteiger partial charge < -0.3 is 9.47 Å². The molecule has 88 valence electrons. The molecule has 0 saturated carbocycles. The molecule has 0 aromatic heterocycles. The number of ether oxygens (including phenoxy) is 2. The van der Waals surface area contributed by atoms with E-state index in [2.05, 4.69) is 0 Å². The first-order chi connectivity index (χ1) is 8.27. The Hall–Kier alpha value is -1.67. The van der Waals surface area contributed by atoms with Crippen molar-refractivity contribution in [3.05, 3.63) is 47.5 Å². The molecule has 17 heavy (non-hydrogen) atoms. The molecule has 0 saturated heterocycles. The maximum absolute atomic E-state index is 6.24. The van der Waals surface area contributed by atoms with Crippen LogP contribution in [0.4, 0.5) is 0 Å². The highest BCUT2D eigenvalue weighted by Crippen LogP contribution is 2.40. The van der Waals surface area contributed by atoms with E-state index in [4.69, 9.17) is 21.1 Å². The molecule has 0 unspecified atom stereocenters. The highest BCUT2D eigenvalue weighted by molar-refractivity contribution is 6.33. The molecule has 2 aromatic carbocycles. The van der Waals surface area contributed by atoms with Gasteiger partial charge in [-0.3, -0.25) is 0 Å². The minimum absolute atomic E-state index is 0.647. The van der Waals surface area contributed by atoms with Gasteiger partial charge in [-0.2, -0.15) is 0 Å². The monoisotopic (exact) mass is 248 g/mol. The zero-order chi connectivity index (χ0) is 12.3. The maximum Gasteiger partial charge on any atom is 0.128 e. The summed E-state index contributed by atoms with van der Waals surface area (Å²) in [5, 5.41) is 0.647. The Balaban J connectivity index is 2.67. The first-order valence-corrected chi connectivity index (χ1v) is 5.61. The Kier molecular flexibility index (Phi) is 3.55. The SMILES string of the molecule is COc1ccccc1-c1c(Cl)cccc1OC. The fourth-order valence-electron chi connectivity index (χ4n) is 1.79. The number of hydrogen-bond acceptors (Lipinski definition) is 2. The lowest BCUT2D eigenvalue weighted by Gasteiger charge is -2.13. The summed E-state index contributed by atoms with van der Waals surface area (Å²) in [6.45, 7) is 0. The number of halogens is 1. The molecular weight excluding hydrogens is 236 g/mol. The number of benzene rings is 2. The fourth-order valence-corrected chi connectivity index (χ4v) is 2.05. The topological polar surface area (TPSA) is 18.5 Å². The summed E-state index contributed by atoms with van der Waals surface area (Å²) in [5.74, 6) is 1.51. The third-order valence-electron chi connectivity index (χ3n) is 2.57. The molecule has 0 atom stereocenters. The van der Waals surface area contributed by atoms with Crippen LogP contribution in [0, 0.1) is 0 Å². The Morgan fingerprint density at radius 1 is 0.824 bits per heavy atom. The number of rotatable bonds is 3. The van der Waals surface area contributed by atoms with Crippen LogP contribution in [0.15, 0.2) is 42.5 Å². The molecule has 0 aliphatic heterocycles. The zero-order valence-corrected chi connectivity index (χ0v) is 10.5. The minimum Gasteiger partial charge on any atom is -0.496 e. The predicted octanol–water partition coefficient (Wildman–Crippen LogP) is 4.02. The van der Waals surface area contributed by atoms with Crippen LogP contribution >= 0.6 is 11.6 Å². The summed E-state index contributed by atoms with van der Waals surface area (Å²) < 4.78 is 10.7. The van der Waals surface area contributed by atoms with Gasteiger partial charge in [0.15, 0.2) is 0 Å². The van der Waals surface area contributed by atoms with Gasteiger partial charge >= 0.3 is 0 Å². The lowest BCUT2D eigenvalue weighted by molar-refractivity contribution is 0.410. The van der Waals surface area contributed by atoms with Crippen molar-refractivity contribution in [3.63, 3.8) is 0 Å². The van der Waals surface area contributed by atoms with Crippen LogP contribution in [-0.4, -0.2) is 14.2 Å². The van der Waals surface area contributed by atoms with E-state index >= 15 is 0 Å². The lowest BCUT2D eigenvalue weighted by Crippen LogP contribution is -1.92. The van der Waals surface area contributed by atoms with Gasteiger partial charge in [-0.05, 0) is 18.2 Å². The van der Waals surface area contributed by atoms with Crippen molar-refractivity contribution in [1.29, 1.82) is 0 Å². The molecule has 2 aromatic rings. The van der Waals surface area contributed by atoms with Crippen molar-refractivity contribution in [2.45, 2.75) is 0 Å². The molecule has 0 bridgehead atoms. The van der Waals surface area contributed by atoms with Crippen LogP contribution in [0.25, 0.3) is 11.1 Å². The quantitative estimate of drug-likeness (QED) is 0.817. The summed E-state index contributed by atoms with van der Waals surface area (Å²) in [6.07, 6.45) is 0. The maximum atomic E-state index is 6.24. The van der Waals surface area contributed by atoms with Crippen molar-refractivity contribution in [3.8, 4) is 22.6 Å². The highest BCUT2D eigenvalue weighted by atomic mass is 35.5. The number of hydrogen-bond donors (Lipinski definition) is 0. The molecule has 0 aliphatic carbocycles. The van der Waals surface area contributed by atoms with Crippen molar-refractivity contribution < 1.29 is 9.47 Å². The molecule has 2 rings (SSSR count). The number of para-hydroxylation sites is 1. The van der Waals surface area contributed by atoms with E-state index in [-0.39, 0.29) is 0 Å². The van der Waals surface area contributed by atoms with Crippen LogP contribution in [0.3, 0.4) is 0 Å². The zero-order valence-electron chi connectivity index (χ0n) is 9.74. The first-order valence-electron chi connectivity index (χ1n) is 5.24. The van der Waals surface area contributed by atoms with Gasteiger partial charge in [0.05, 0.1) is 19.2 Å². The molecule has 0 heterocycles. The molecule has 0 N–H and O–H groups in total. The third-order valence-corrected chi connectivity index (χ3v) is 2.89. The van der Waals surface area contributed by atoms with E-state index in [1.165, 1.54) is 0 Å². The van der Waals surface area contributed by atoms with Gasteiger partial charge in [0.2, 0.25) is 0 Å². The van der Waals surface area contributed by atoms with Gasteiger partial charge in [-0.25, -0.2) is 0 Å². The van der Waals surface area contributed by atoms with Crippen LogP contribution in [0.1, 0.15) is 0 Å². The Morgan fingerprint density at radius 2 is 1.47 bits per heavy atom. The molecule has 0 spiro atoms. The van der Waals surface area contributed by atoms with Crippen LogP contribution in [-0.2, 0) is 0 Å². The molecule has 2 nitrogen and oxygen atoms in total.